The monoisotopic (exact) mass is 450 g/mol. The van der Waals surface area contributed by atoms with Gasteiger partial charge in [-0.15, -0.1) is 11.6 Å². The van der Waals surface area contributed by atoms with Crippen molar-refractivity contribution in [1.29, 1.82) is 0 Å². The van der Waals surface area contributed by atoms with E-state index in [0.717, 1.165) is 5.57 Å². The molecule has 0 aromatic carbocycles. The molecule has 0 bridgehead atoms. The molecule has 7 heteroatoms. The van der Waals surface area contributed by atoms with Crippen molar-refractivity contribution < 1.29 is 29.3 Å². The summed E-state index contributed by atoms with van der Waals surface area (Å²) in [5.41, 5.74) is -2.38. The van der Waals surface area contributed by atoms with E-state index in [-0.39, 0.29) is 30.0 Å². The maximum atomic E-state index is 13.1. The van der Waals surface area contributed by atoms with Crippen molar-refractivity contribution in [2.45, 2.75) is 70.0 Å². The van der Waals surface area contributed by atoms with Crippen LogP contribution in [0.1, 0.15) is 53.4 Å². The Hall–Kier alpha value is -1.50. The molecular formula is C24H31ClO6. The minimum absolute atomic E-state index is 0.0683. The Labute approximate surface area is 187 Å². The molecule has 0 unspecified atom stereocenters. The van der Waals surface area contributed by atoms with Crippen molar-refractivity contribution >= 4 is 29.1 Å². The van der Waals surface area contributed by atoms with Gasteiger partial charge in [-0.05, 0) is 55.6 Å². The molecule has 0 heterocycles. The third-order valence-corrected chi connectivity index (χ3v) is 9.98. The van der Waals surface area contributed by atoms with Crippen LogP contribution in [0.5, 0.6) is 0 Å². The number of aliphatic hydroxyl groups is 2. The van der Waals surface area contributed by atoms with E-state index in [1.807, 2.05) is 26.8 Å². The first-order valence-corrected chi connectivity index (χ1v) is 11.4. The maximum absolute atomic E-state index is 13.1. The molecular weight excluding hydrogens is 420 g/mol. The molecule has 31 heavy (non-hydrogen) atoms. The number of rotatable bonds is 3. The Balaban J connectivity index is 1.76. The van der Waals surface area contributed by atoms with Crippen molar-refractivity contribution in [2.24, 2.45) is 28.6 Å². The second-order valence-corrected chi connectivity index (χ2v) is 11.0. The molecule has 0 aromatic rings. The number of alkyl halides is 1. The summed E-state index contributed by atoms with van der Waals surface area (Å²) < 4.78 is 4.92. The number of carbonyl (C=O) groups excluding carboxylic acids is 3. The van der Waals surface area contributed by atoms with Crippen LogP contribution in [0.3, 0.4) is 0 Å². The summed E-state index contributed by atoms with van der Waals surface area (Å²) in [6, 6.07) is 0. The third-order valence-electron chi connectivity index (χ3n) is 9.05. The van der Waals surface area contributed by atoms with Gasteiger partial charge >= 0.3 is 5.97 Å². The molecule has 6 nitrogen and oxygen atoms in total. The lowest BCUT2D eigenvalue weighted by atomic mass is 9.45. The molecule has 2 N–H and O–H groups in total. The van der Waals surface area contributed by atoms with Gasteiger partial charge in [-0.3, -0.25) is 14.4 Å². The van der Waals surface area contributed by atoms with Crippen LogP contribution in [-0.2, 0) is 19.1 Å². The zero-order chi connectivity index (χ0) is 23.0. The Morgan fingerprint density at radius 3 is 2.61 bits per heavy atom. The highest BCUT2D eigenvalue weighted by molar-refractivity contribution is 6.26. The topological polar surface area (TPSA) is 101 Å². The van der Waals surface area contributed by atoms with Crippen LogP contribution >= 0.6 is 11.6 Å². The number of Topliss-reactive ketones (excluding diaryl/α,β-unsaturated/α-hetero) is 1. The average Bonchev–Trinajstić information content (AvgIpc) is 2.89. The maximum Gasteiger partial charge on any atom is 0.303 e. The van der Waals surface area contributed by atoms with Crippen LogP contribution in [-0.4, -0.2) is 50.9 Å². The van der Waals surface area contributed by atoms with Gasteiger partial charge in [-0.25, -0.2) is 0 Å². The number of aliphatic hydroxyl groups excluding tert-OH is 1. The Morgan fingerprint density at radius 1 is 1.29 bits per heavy atom. The SMILES string of the molecule is CC(=O)OCC(=O)[C@]1(O)[C@@H](C)C[C@H]2[C@@H]3CCC4=CC(=O)C=C[C@]4(C)[C@@]3(Cl)[C@@H](O)C[C@@]21C. The third kappa shape index (κ3) is 2.74. The Bertz CT molecular complexity index is 910. The highest BCUT2D eigenvalue weighted by Crippen LogP contribution is 2.71. The largest absolute Gasteiger partial charge is 0.458 e. The lowest BCUT2D eigenvalue weighted by Gasteiger charge is -2.63. The van der Waals surface area contributed by atoms with E-state index in [1.165, 1.54) is 13.0 Å². The van der Waals surface area contributed by atoms with Crippen molar-refractivity contribution in [3.8, 4) is 0 Å². The minimum Gasteiger partial charge on any atom is -0.458 e. The van der Waals surface area contributed by atoms with Crippen LogP contribution in [0.15, 0.2) is 23.8 Å². The molecule has 0 saturated heterocycles. The molecule has 0 spiro atoms. The molecule has 0 radical (unpaired) electrons. The van der Waals surface area contributed by atoms with E-state index in [0.29, 0.717) is 19.3 Å². The van der Waals surface area contributed by atoms with E-state index in [1.54, 1.807) is 6.08 Å². The first-order chi connectivity index (χ1) is 14.3. The van der Waals surface area contributed by atoms with E-state index in [9.17, 15) is 24.6 Å². The summed E-state index contributed by atoms with van der Waals surface area (Å²) >= 11 is 7.35. The van der Waals surface area contributed by atoms with Gasteiger partial charge in [0.15, 0.2) is 12.4 Å². The van der Waals surface area contributed by atoms with Crippen LogP contribution in [0.25, 0.3) is 0 Å². The standard InChI is InChI=1S/C24H31ClO6/c1-13-9-18-17-6-5-15-10-16(27)7-8-21(15,3)23(17,25)19(28)11-22(18,4)24(13,30)20(29)12-31-14(2)26/h7-8,10,13,17-19,28,30H,5-6,9,11-12H2,1-4H3/t13-,17-,18-,19-,21-,22-,23-,24+/m0/s1. The predicted molar refractivity (Wildman–Crippen MR) is 114 cm³/mol. The number of hydrogen-bond donors (Lipinski definition) is 2. The minimum atomic E-state index is -1.72. The van der Waals surface area contributed by atoms with Crippen molar-refractivity contribution in [1.82, 2.24) is 0 Å². The van der Waals surface area contributed by atoms with Crippen molar-refractivity contribution in [3.63, 3.8) is 0 Å². The highest BCUT2D eigenvalue weighted by Gasteiger charge is 2.74. The summed E-state index contributed by atoms with van der Waals surface area (Å²) in [5, 5.41) is 23.2. The fourth-order valence-electron chi connectivity index (χ4n) is 7.42. The predicted octanol–water partition coefficient (Wildman–Crippen LogP) is 2.74. The molecule has 0 aliphatic heterocycles. The van der Waals surface area contributed by atoms with E-state index in [4.69, 9.17) is 16.3 Å². The molecule has 4 aliphatic carbocycles. The van der Waals surface area contributed by atoms with Gasteiger partial charge in [-0.2, -0.15) is 0 Å². The molecule has 170 valence electrons. The second kappa shape index (κ2) is 7.00. The summed E-state index contributed by atoms with van der Waals surface area (Å²) in [6.07, 6.45) is 6.07. The number of fused-ring (bicyclic) bond motifs is 5. The van der Waals surface area contributed by atoms with Gasteiger partial charge in [0.1, 0.15) is 5.60 Å². The molecule has 4 rings (SSSR count). The highest BCUT2D eigenvalue weighted by atomic mass is 35.5. The van der Waals surface area contributed by atoms with Gasteiger partial charge in [0.05, 0.1) is 11.0 Å². The molecule has 0 aromatic heterocycles. The van der Waals surface area contributed by atoms with Crippen LogP contribution < -0.4 is 0 Å². The first kappa shape index (κ1) is 22.7. The van der Waals surface area contributed by atoms with Crippen molar-refractivity contribution in [3.05, 3.63) is 23.8 Å². The summed E-state index contributed by atoms with van der Waals surface area (Å²) in [6.45, 7) is 6.42. The van der Waals surface area contributed by atoms with Gasteiger partial charge < -0.3 is 14.9 Å². The molecule has 3 saturated carbocycles. The molecule has 8 atom stereocenters. The number of ketones is 2. The van der Waals surface area contributed by atoms with E-state index < -0.39 is 45.8 Å². The molecule has 3 fully saturated rings. The van der Waals surface area contributed by atoms with Gasteiger partial charge in [0, 0.05) is 17.8 Å². The zero-order valence-corrected chi connectivity index (χ0v) is 19.2. The normalized spacial score (nSPS) is 48.4. The average molecular weight is 451 g/mol. The first-order valence-electron chi connectivity index (χ1n) is 11.0. The smallest absolute Gasteiger partial charge is 0.303 e. The lowest BCUT2D eigenvalue weighted by Crippen LogP contribution is -2.69. The summed E-state index contributed by atoms with van der Waals surface area (Å²) in [5.74, 6) is -1.79. The Kier molecular flexibility index (Phi) is 5.12. The number of halogens is 1. The molecule has 4 aliphatic rings. The lowest BCUT2D eigenvalue weighted by molar-refractivity contribution is -0.182. The summed E-state index contributed by atoms with van der Waals surface area (Å²) in [7, 11) is 0. The fourth-order valence-corrected chi connectivity index (χ4v) is 7.94. The van der Waals surface area contributed by atoms with E-state index >= 15 is 0 Å². The quantitative estimate of drug-likeness (QED) is 0.506. The number of allylic oxidation sites excluding steroid dienone is 4. The van der Waals surface area contributed by atoms with Gasteiger partial charge in [0.25, 0.3) is 0 Å². The van der Waals surface area contributed by atoms with Crippen LogP contribution in [0.2, 0.25) is 0 Å². The zero-order valence-electron chi connectivity index (χ0n) is 18.5. The van der Waals surface area contributed by atoms with Gasteiger partial charge in [-0.1, -0.05) is 32.4 Å². The molecule has 0 amide bonds. The number of hydrogen-bond acceptors (Lipinski definition) is 6. The van der Waals surface area contributed by atoms with Gasteiger partial charge in [0.2, 0.25) is 5.78 Å². The second-order valence-electron chi connectivity index (χ2n) is 10.4. The summed E-state index contributed by atoms with van der Waals surface area (Å²) in [4.78, 5) is 35.3. The van der Waals surface area contributed by atoms with Crippen molar-refractivity contribution in [2.75, 3.05) is 6.61 Å². The van der Waals surface area contributed by atoms with Crippen LogP contribution in [0.4, 0.5) is 0 Å². The number of esters is 1. The van der Waals surface area contributed by atoms with Crippen LogP contribution in [0, 0.1) is 28.6 Å². The van der Waals surface area contributed by atoms with E-state index in [2.05, 4.69) is 0 Å². The Morgan fingerprint density at radius 2 is 1.97 bits per heavy atom. The fraction of sp³-hybridized carbons (Fsp3) is 0.708. The number of carbonyl (C=O) groups is 3. The number of ether oxygens (including phenoxy) is 1.